The number of hydrogen-bond acceptors (Lipinski definition) is 3. The minimum Gasteiger partial charge on any atom is -0.385 e. The summed E-state index contributed by atoms with van der Waals surface area (Å²) in [6, 6.07) is 0. The molecule has 0 atom stereocenters. The molecule has 0 radical (unpaired) electrons. The van der Waals surface area contributed by atoms with Gasteiger partial charge in [0.25, 0.3) is 0 Å². The van der Waals surface area contributed by atoms with Gasteiger partial charge in [0.2, 0.25) is 5.91 Å². The van der Waals surface area contributed by atoms with E-state index >= 15 is 0 Å². The topological polar surface area (TPSA) is 57.2 Å². The third-order valence-corrected chi connectivity index (χ3v) is 3.45. The average molecular weight is 314 g/mol. The quantitative estimate of drug-likeness (QED) is 0.357. The Hall–Kier alpha value is -1.30. The van der Waals surface area contributed by atoms with E-state index in [1.165, 1.54) is 0 Å². The van der Waals surface area contributed by atoms with Crippen LogP contribution < -0.4 is 5.32 Å². The molecule has 0 aliphatic rings. The zero-order valence-electron chi connectivity index (χ0n) is 15.0. The van der Waals surface area contributed by atoms with Crippen molar-refractivity contribution in [3.05, 3.63) is 0 Å². The Labute approximate surface area is 135 Å². The fourth-order valence-electron chi connectivity index (χ4n) is 2.14. The summed E-state index contributed by atoms with van der Waals surface area (Å²) < 4.78 is 5.04. The van der Waals surface area contributed by atoms with Crippen LogP contribution in [0.2, 0.25) is 0 Å². The second kappa shape index (κ2) is 13.4. The maximum Gasteiger partial charge on any atom is 0.242 e. The van der Waals surface area contributed by atoms with E-state index in [1.54, 1.807) is 7.11 Å². The molecule has 22 heavy (non-hydrogen) atoms. The summed E-state index contributed by atoms with van der Waals surface area (Å²) in [6.45, 7) is 10.3. The minimum absolute atomic E-state index is 0.137. The number of amides is 1. The lowest BCUT2D eigenvalue weighted by Crippen LogP contribution is -2.45. The van der Waals surface area contributed by atoms with Crippen LogP contribution >= 0.6 is 0 Å². The summed E-state index contributed by atoms with van der Waals surface area (Å²) in [7, 11) is 3.64. The number of nitrogens with one attached hydrogen (secondary N) is 1. The first kappa shape index (κ1) is 20.7. The summed E-state index contributed by atoms with van der Waals surface area (Å²) in [6.07, 6.45) is 3.22. The molecule has 0 rings (SSSR count). The molecule has 6 nitrogen and oxygen atoms in total. The van der Waals surface area contributed by atoms with Crippen molar-refractivity contribution in [3.8, 4) is 0 Å². The highest BCUT2D eigenvalue weighted by molar-refractivity contribution is 5.86. The van der Waals surface area contributed by atoms with Gasteiger partial charge in [0.15, 0.2) is 5.96 Å². The number of carbonyl (C=O) groups is 1. The molecule has 0 aliphatic heterocycles. The Morgan fingerprint density at radius 1 is 1.14 bits per heavy atom. The average Bonchev–Trinajstić information content (AvgIpc) is 2.50. The number of likely N-dealkylation sites (N-methyl/N-ethyl adjacent to an activating group) is 2. The lowest BCUT2D eigenvalue weighted by Gasteiger charge is -2.25. The van der Waals surface area contributed by atoms with Crippen LogP contribution in [0, 0.1) is 0 Å². The molecular weight excluding hydrogens is 280 g/mol. The molecule has 1 N–H and O–H groups in total. The molecule has 1 amide bonds. The van der Waals surface area contributed by atoms with Crippen molar-refractivity contribution < 1.29 is 9.53 Å². The van der Waals surface area contributed by atoms with Gasteiger partial charge >= 0.3 is 0 Å². The highest BCUT2D eigenvalue weighted by atomic mass is 16.5. The largest absolute Gasteiger partial charge is 0.385 e. The number of carbonyl (C=O) groups excluding carboxylic acids is 1. The predicted octanol–water partition coefficient (Wildman–Crippen LogP) is 1.57. The number of unbranched alkanes of at least 4 members (excludes halogenated alkanes) is 2. The van der Waals surface area contributed by atoms with Gasteiger partial charge in [-0.2, -0.15) is 0 Å². The summed E-state index contributed by atoms with van der Waals surface area (Å²) in [4.78, 5) is 20.5. The van der Waals surface area contributed by atoms with Crippen molar-refractivity contribution in [2.75, 3.05) is 53.5 Å². The van der Waals surface area contributed by atoms with E-state index in [9.17, 15) is 4.79 Å². The third-order valence-electron chi connectivity index (χ3n) is 3.45. The van der Waals surface area contributed by atoms with Gasteiger partial charge in [-0.3, -0.25) is 9.79 Å². The van der Waals surface area contributed by atoms with Gasteiger partial charge in [-0.1, -0.05) is 0 Å². The normalized spacial score (nSPS) is 11.4. The van der Waals surface area contributed by atoms with Crippen molar-refractivity contribution in [2.45, 2.75) is 40.0 Å². The van der Waals surface area contributed by atoms with Crippen LogP contribution in [0.4, 0.5) is 0 Å². The van der Waals surface area contributed by atoms with Crippen LogP contribution in [0.3, 0.4) is 0 Å². The Kier molecular flexibility index (Phi) is 12.6. The van der Waals surface area contributed by atoms with Crippen LogP contribution in [0.1, 0.15) is 40.0 Å². The smallest absolute Gasteiger partial charge is 0.242 e. The van der Waals surface area contributed by atoms with Crippen molar-refractivity contribution in [2.24, 2.45) is 4.99 Å². The molecule has 0 bridgehead atoms. The minimum atomic E-state index is 0.137. The number of methoxy groups -OCH3 is 1. The number of nitrogens with zero attached hydrogens (tertiary/aromatic N) is 3. The molecule has 0 saturated heterocycles. The van der Waals surface area contributed by atoms with Gasteiger partial charge in [-0.05, 0) is 40.0 Å². The van der Waals surface area contributed by atoms with Crippen molar-refractivity contribution in [1.29, 1.82) is 0 Å². The molecular formula is C16H34N4O2. The molecule has 6 heteroatoms. The monoisotopic (exact) mass is 314 g/mol. The van der Waals surface area contributed by atoms with Gasteiger partial charge in [-0.15, -0.1) is 0 Å². The number of guanidine groups is 1. The summed E-state index contributed by atoms with van der Waals surface area (Å²) in [5, 5.41) is 3.25. The molecule has 0 aromatic carbocycles. The van der Waals surface area contributed by atoms with Crippen LogP contribution in [-0.2, 0) is 9.53 Å². The Morgan fingerprint density at radius 3 is 2.36 bits per heavy atom. The standard InChI is InChI=1S/C16H34N4O2/c1-6-17-16(18-12-10-9-11-13-22-5)19(4)14-15(21)20(7-2)8-3/h6-14H2,1-5H3,(H,17,18). The second-order valence-corrected chi connectivity index (χ2v) is 5.21. The molecule has 0 spiro atoms. The lowest BCUT2D eigenvalue weighted by molar-refractivity contribution is -0.131. The summed E-state index contributed by atoms with van der Waals surface area (Å²) in [5.74, 6) is 0.938. The van der Waals surface area contributed by atoms with Gasteiger partial charge in [-0.25, -0.2) is 0 Å². The number of aliphatic imine (C=N–C) groups is 1. The van der Waals surface area contributed by atoms with E-state index in [0.29, 0.717) is 6.54 Å². The van der Waals surface area contributed by atoms with Crippen LogP contribution in [-0.4, -0.2) is 75.2 Å². The van der Waals surface area contributed by atoms with Crippen molar-refractivity contribution in [1.82, 2.24) is 15.1 Å². The first-order valence-corrected chi connectivity index (χ1v) is 8.36. The Bertz CT molecular complexity index is 317. The first-order valence-electron chi connectivity index (χ1n) is 8.36. The molecule has 0 aromatic rings. The van der Waals surface area contributed by atoms with Gasteiger partial charge in [0, 0.05) is 46.9 Å². The molecule has 0 unspecified atom stereocenters. The SMILES string of the molecule is CCNC(=NCCCCCOC)N(C)CC(=O)N(CC)CC. The van der Waals surface area contributed by atoms with E-state index in [1.807, 2.05) is 37.6 Å². The molecule has 0 aromatic heterocycles. The third kappa shape index (κ3) is 8.87. The van der Waals surface area contributed by atoms with Gasteiger partial charge in [0.1, 0.15) is 0 Å². The van der Waals surface area contributed by atoms with Gasteiger partial charge < -0.3 is 19.9 Å². The predicted molar refractivity (Wildman–Crippen MR) is 92.3 cm³/mol. The lowest BCUT2D eigenvalue weighted by atomic mass is 10.2. The molecule has 0 fully saturated rings. The van der Waals surface area contributed by atoms with E-state index in [4.69, 9.17) is 4.74 Å². The Balaban J connectivity index is 4.36. The fraction of sp³-hybridized carbons (Fsp3) is 0.875. The second-order valence-electron chi connectivity index (χ2n) is 5.21. The van der Waals surface area contributed by atoms with Gasteiger partial charge in [0.05, 0.1) is 6.54 Å². The zero-order valence-corrected chi connectivity index (χ0v) is 15.0. The van der Waals surface area contributed by atoms with E-state index in [2.05, 4.69) is 10.3 Å². The van der Waals surface area contributed by atoms with E-state index in [-0.39, 0.29) is 5.91 Å². The molecule has 0 heterocycles. The number of rotatable bonds is 11. The van der Waals surface area contributed by atoms with Crippen LogP contribution in [0.25, 0.3) is 0 Å². The van der Waals surface area contributed by atoms with Crippen molar-refractivity contribution in [3.63, 3.8) is 0 Å². The van der Waals surface area contributed by atoms with E-state index in [0.717, 1.165) is 58.0 Å². The van der Waals surface area contributed by atoms with Crippen molar-refractivity contribution >= 4 is 11.9 Å². The summed E-state index contributed by atoms with van der Waals surface area (Å²) >= 11 is 0. The van der Waals surface area contributed by atoms with Crippen LogP contribution in [0.15, 0.2) is 4.99 Å². The highest BCUT2D eigenvalue weighted by Gasteiger charge is 2.14. The van der Waals surface area contributed by atoms with Crippen LogP contribution in [0.5, 0.6) is 0 Å². The number of hydrogen-bond donors (Lipinski definition) is 1. The zero-order chi connectivity index (χ0) is 16.8. The maximum atomic E-state index is 12.2. The molecule has 0 aliphatic carbocycles. The van der Waals surface area contributed by atoms with E-state index < -0.39 is 0 Å². The fourth-order valence-corrected chi connectivity index (χ4v) is 2.14. The first-order chi connectivity index (χ1) is 10.6. The highest BCUT2D eigenvalue weighted by Crippen LogP contribution is 1.98. The molecule has 0 saturated carbocycles. The summed E-state index contributed by atoms with van der Waals surface area (Å²) in [5.41, 5.74) is 0. The maximum absolute atomic E-state index is 12.2. The number of ether oxygens (including phenoxy) is 1. The Morgan fingerprint density at radius 2 is 1.82 bits per heavy atom. The molecule has 130 valence electrons.